The van der Waals surface area contributed by atoms with Gasteiger partial charge in [0.1, 0.15) is 0 Å². The van der Waals surface area contributed by atoms with Crippen LogP contribution >= 0.6 is 0 Å². The molecule has 2 heterocycles. The minimum atomic E-state index is -0.238. The molecule has 0 saturated carbocycles. The van der Waals surface area contributed by atoms with E-state index in [1.807, 2.05) is 20.8 Å². The zero-order chi connectivity index (χ0) is 18.5. The molecule has 25 heavy (non-hydrogen) atoms. The zero-order valence-electron chi connectivity index (χ0n) is 17.2. The Labute approximate surface area is 154 Å². The number of likely N-dealkylation sites (tertiary alicyclic amines) is 1. The maximum absolute atomic E-state index is 5.86. The van der Waals surface area contributed by atoms with E-state index in [4.69, 9.17) is 18.9 Å². The highest BCUT2D eigenvalue weighted by molar-refractivity contribution is 4.84. The lowest BCUT2D eigenvalue weighted by Crippen LogP contribution is -2.51. The number of piperidine rings is 1. The Hall–Kier alpha value is -0.200. The molecule has 5 nitrogen and oxygen atoms in total. The van der Waals surface area contributed by atoms with Gasteiger partial charge in [-0.25, -0.2) is 0 Å². The zero-order valence-corrected chi connectivity index (χ0v) is 17.2. The first-order valence-corrected chi connectivity index (χ1v) is 9.84. The molecule has 148 valence electrons. The fourth-order valence-corrected chi connectivity index (χ4v) is 3.56. The first-order valence-electron chi connectivity index (χ1n) is 9.84. The second kappa shape index (κ2) is 9.14. The maximum atomic E-state index is 5.86. The molecule has 0 aromatic rings. The average Bonchev–Trinajstić information content (AvgIpc) is 2.53. The van der Waals surface area contributed by atoms with E-state index >= 15 is 0 Å². The fraction of sp³-hybridized carbons (Fsp3) is 1.00. The van der Waals surface area contributed by atoms with Crippen LogP contribution in [0.1, 0.15) is 54.4 Å². The molecule has 0 radical (unpaired) electrons. The third-order valence-electron chi connectivity index (χ3n) is 5.24. The van der Waals surface area contributed by atoms with Crippen molar-refractivity contribution in [3.05, 3.63) is 0 Å². The number of hydrogen-bond donors (Lipinski definition) is 0. The second-order valence-electron chi connectivity index (χ2n) is 9.46. The number of rotatable bonds is 6. The van der Waals surface area contributed by atoms with E-state index in [9.17, 15) is 0 Å². The van der Waals surface area contributed by atoms with Crippen LogP contribution in [0.5, 0.6) is 0 Å². The predicted octanol–water partition coefficient (Wildman–Crippen LogP) is 3.32. The highest BCUT2D eigenvalue weighted by atomic mass is 16.7. The van der Waals surface area contributed by atoms with Gasteiger partial charge in [-0.1, -0.05) is 20.8 Å². The number of nitrogens with zero attached hydrogens (tertiary/aromatic N) is 1. The van der Waals surface area contributed by atoms with Crippen molar-refractivity contribution in [1.82, 2.24) is 4.90 Å². The van der Waals surface area contributed by atoms with Crippen LogP contribution in [-0.4, -0.2) is 69.0 Å². The van der Waals surface area contributed by atoms with Crippen molar-refractivity contribution in [2.24, 2.45) is 11.3 Å². The van der Waals surface area contributed by atoms with E-state index in [1.165, 1.54) is 12.8 Å². The smallest absolute Gasteiger partial charge is 0.180 e. The summed E-state index contributed by atoms with van der Waals surface area (Å²) in [6, 6.07) is 0.390. The molecule has 0 aromatic heterocycles. The van der Waals surface area contributed by atoms with Crippen molar-refractivity contribution in [2.75, 3.05) is 46.1 Å². The molecule has 2 fully saturated rings. The van der Waals surface area contributed by atoms with Crippen LogP contribution in [0.2, 0.25) is 0 Å². The third kappa shape index (κ3) is 7.51. The van der Waals surface area contributed by atoms with Gasteiger partial charge < -0.3 is 18.9 Å². The summed E-state index contributed by atoms with van der Waals surface area (Å²) in [5.41, 5.74) is 0.305. The highest BCUT2D eigenvalue weighted by Crippen LogP contribution is 2.35. The molecule has 0 aliphatic carbocycles. The largest absolute Gasteiger partial charge is 0.374 e. The van der Waals surface area contributed by atoms with Crippen molar-refractivity contribution in [1.29, 1.82) is 0 Å². The molecule has 0 aromatic carbocycles. The van der Waals surface area contributed by atoms with Gasteiger partial charge in [0.05, 0.1) is 44.7 Å². The van der Waals surface area contributed by atoms with Crippen LogP contribution < -0.4 is 0 Å². The van der Waals surface area contributed by atoms with Gasteiger partial charge in [0.2, 0.25) is 0 Å². The molecular formula is C20H39NO4. The Kier molecular flexibility index (Phi) is 7.71. The quantitative estimate of drug-likeness (QED) is 0.682. The molecule has 2 saturated heterocycles. The number of hydrogen-bond acceptors (Lipinski definition) is 5. The Balaban J connectivity index is 1.58. The molecule has 2 aliphatic rings. The van der Waals surface area contributed by atoms with Gasteiger partial charge in [0.25, 0.3) is 0 Å². The Morgan fingerprint density at radius 1 is 0.920 bits per heavy atom. The van der Waals surface area contributed by atoms with E-state index < -0.39 is 0 Å². The molecule has 2 rings (SSSR count). The van der Waals surface area contributed by atoms with Crippen molar-refractivity contribution in [3.63, 3.8) is 0 Å². The van der Waals surface area contributed by atoms with E-state index in [2.05, 4.69) is 25.7 Å². The summed E-state index contributed by atoms with van der Waals surface area (Å²) in [7, 11) is 0. The van der Waals surface area contributed by atoms with Crippen molar-refractivity contribution < 1.29 is 18.9 Å². The lowest BCUT2D eigenvalue weighted by atomic mass is 9.75. The van der Waals surface area contributed by atoms with Crippen LogP contribution in [0.3, 0.4) is 0 Å². The van der Waals surface area contributed by atoms with Crippen LogP contribution in [0.4, 0.5) is 0 Å². The van der Waals surface area contributed by atoms with Crippen LogP contribution in [-0.2, 0) is 18.9 Å². The molecule has 0 N–H and O–H groups in total. The van der Waals surface area contributed by atoms with Crippen molar-refractivity contribution in [3.8, 4) is 0 Å². The lowest BCUT2D eigenvalue weighted by molar-refractivity contribution is -0.227. The van der Waals surface area contributed by atoms with Crippen molar-refractivity contribution >= 4 is 0 Å². The summed E-state index contributed by atoms with van der Waals surface area (Å²) in [5, 5.41) is 0. The van der Waals surface area contributed by atoms with Gasteiger partial charge in [0.15, 0.2) is 6.29 Å². The highest BCUT2D eigenvalue weighted by Gasteiger charge is 2.33. The summed E-state index contributed by atoms with van der Waals surface area (Å²) in [6.07, 6.45) is 2.32. The van der Waals surface area contributed by atoms with Gasteiger partial charge in [-0.3, -0.25) is 4.90 Å². The first kappa shape index (κ1) is 21.1. The minimum Gasteiger partial charge on any atom is -0.374 e. The SMILES string of the molecule is CC(C)(C)OCCOCC1OCC(N2CCC(C(C)(C)C)CC2)CO1. The Morgan fingerprint density at radius 3 is 2.04 bits per heavy atom. The molecule has 0 amide bonds. The number of ether oxygens (including phenoxy) is 4. The molecule has 0 bridgehead atoms. The fourth-order valence-electron chi connectivity index (χ4n) is 3.56. The third-order valence-corrected chi connectivity index (χ3v) is 5.24. The molecule has 0 spiro atoms. The van der Waals surface area contributed by atoms with E-state index in [1.54, 1.807) is 0 Å². The van der Waals surface area contributed by atoms with Gasteiger partial charge in [0, 0.05) is 0 Å². The second-order valence-corrected chi connectivity index (χ2v) is 9.46. The Morgan fingerprint density at radius 2 is 1.52 bits per heavy atom. The van der Waals surface area contributed by atoms with E-state index in [-0.39, 0.29) is 11.9 Å². The predicted molar refractivity (Wildman–Crippen MR) is 99.8 cm³/mol. The summed E-state index contributed by atoms with van der Waals surface area (Å²) in [6.45, 7) is 18.7. The van der Waals surface area contributed by atoms with Crippen LogP contribution in [0.25, 0.3) is 0 Å². The topological polar surface area (TPSA) is 40.2 Å². The van der Waals surface area contributed by atoms with Gasteiger partial charge in [-0.05, 0) is 58.0 Å². The first-order chi connectivity index (χ1) is 11.6. The van der Waals surface area contributed by atoms with Gasteiger partial charge >= 0.3 is 0 Å². The Bertz CT molecular complexity index is 372. The summed E-state index contributed by atoms with van der Waals surface area (Å²) >= 11 is 0. The summed E-state index contributed by atoms with van der Waals surface area (Å²) < 4.78 is 23.0. The van der Waals surface area contributed by atoms with E-state index in [0.29, 0.717) is 31.3 Å². The molecule has 0 atom stereocenters. The average molecular weight is 358 g/mol. The molecule has 2 aliphatic heterocycles. The monoisotopic (exact) mass is 357 g/mol. The standard InChI is InChI=1S/C20H39NO4/c1-19(2,3)16-7-9-21(10-8-16)17-13-23-18(24-14-17)15-22-11-12-25-20(4,5)6/h16-18H,7-15H2,1-6H3. The van der Waals surface area contributed by atoms with E-state index in [0.717, 1.165) is 32.2 Å². The maximum Gasteiger partial charge on any atom is 0.180 e. The van der Waals surface area contributed by atoms with Crippen LogP contribution in [0.15, 0.2) is 0 Å². The minimum absolute atomic E-state index is 0.116. The van der Waals surface area contributed by atoms with Gasteiger partial charge in [-0.2, -0.15) is 0 Å². The normalized spacial score (nSPS) is 27.6. The van der Waals surface area contributed by atoms with Gasteiger partial charge in [-0.15, -0.1) is 0 Å². The molecular weight excluding hydrogens is 318 g/mol. The molecule has 5 heteroatoms. The summed E-state index contributed by atoms with van der Waals surface area (Å²) in [4.78, 5) is 2.54. The summed E-state index contributed by atoms with van der Waals surface area (Å²) in [5.74, 6) is 0.825. The lowest BCUT2D eigenvalue weighted by Gasteiger charge is -2.43. The van der Waals surface area contributed by atoms with Crippen LogP contribution in [0, 0.1) is 11.3 Å². The van der Waals surface area contributed by atoms with Crippen molar-refractivity contribution in [2.45, 2.75) is 72.3 Å². The molecule has 0 unspecified atom stereocenters.